The summed E-state index contributed by atoms with van der Waals surface area (Å²) < 4.78 is 5.43. The van der Waals surface area contributed by atoms with Crippen molar-refractivity contribution >= 4 is 28.9 Å². The monoisotopic (exact) mass is 304 g/mol. The predicted octanol–water partition coefficient (Wildman–Crippen LogP) is 3.30. The van der Waals surface area contributed by atoms with Crippen LogP contribution in [0.3, 0.4) is 0 Å². The third kappa shape index (κ3) is 2.38. The molecule has 1 amide bonds. The Labute approximate surface area is 128 Å². The molecular weight excluding hydrogens is 288 g/mol. The van der Waals surface area contributed by atoms with E-state index in [1.165, 1.54) is 12.8 Å². The van der Waals surface area contributed by atoms with Crippen LogP contribution in [0, 0.1) is 17.8 Å². The van der Waals surface area contributed by atoms with Crippen LogP contribution in [-0.4, -0.2) is 19.1 Å². The average Bonchev–Trinajstić information content (AvgIpc) is 3.07. The highest BCUT2D eigenvalue weighted by molar-refractivity contribution is 6.33. The normalized spacial score (nSPS) is 29.0. The Balaban J connectivity index is 1.48. The van der Waals surface area contributed by atoms with Gasteiger partial charge < -0.3 is 15.4 Å². The summed E-state index contributed by atoms with van der Waals surface area (Å²) in [5, 5.41) is 6.81. The van der Waals surface area contributed by atoms with Crippen molar-refractivity contribution in [2.45, 2.75) is 12.8 Å². The van der Waals surface area contributed by atoms with Crippen LogP contribution in [-0.2, 0) is 4.79 Å². The molecule has 4 nitrogen and oxygen atoms in total. The second-order valence-corrected chi connectivity index (χ2v) is 6.49. The molecule has 0 radical (unpaired) electrons. The highest BCUT2D eigenvalue weighted by Crippen LogP contribution is 2.44. The van der Waals surface area contributed by atoms with Gasteiger partial charge in [-0.3, -0.25) is 4.79 Å². The van der Waals surface area contributed by atoms with E-state index in [0.717, 1.165) is 24.1 Å². The highest BCUT2D eigenvalue weighted by Gasteiger charge is 2.35. The molecule has 2 aliphatic carbocycles. The van der Waals surface area contributed by atoms with Crippen LogP contribution in [0.15, 0.2) is 24.3 Å². The van der Waals surface area contributed by atoms with Crippen molar-refractivity contribution in [3.05, 3.63) is 29.3 Å². The fraction of sp³-hybridized carbons (Fsp3) is 0.438. The lowest BCUT2D eigenvalue weighted by atomic mass is 9.93. The molecule has 1 fully saturated rings. The molecule has 1 heterocycles. The quantitative estimate of drug-likeness (QED) is 0.843. The maximum Gasteiger partial charge on any atom is 0.262 e. The van der Waals surface area contributed by atoms with E-state index in [2.05, 4.69) is 22.8 Å². The molecule has 1 saturated carbocycles. The Kier molecular flexibility index (Phi) is 3.07. The van der Waals surface area contributed by atoms with Gasteiger partial charge in [0.1, 0.15) is 5.75 Å². The van der Waals surface area contributed by atoms with Crippen molar-refractivity contribution in [2.24, 2.45) is 17.8 Å². The molecule has 2 bridgehead atoms. The molecule has 1 aromatic rings. The van der Waals surface area contributed by atoms with Crippen LogP contribution in [0.1, 0.15) is 12.8 Å². The minimum atomic E-state index is -0.145. The molecular formula is C16H17ClN2O2. The molecule has 0 spiro atoms. The first-order valence-electron chi connectivity index (χ1n) is 7.37. The lowest BCUT2D eigenvalue weighted by Gasteiger charge is -2.22. The number of fused-ring (bicyclic) bond motifs is 3. The van der Waals surface area contributed by atoms with E-state index in [1.807, 2.05) is 6.07 Å². The SMILES string of the molecule is O=C1COc2cc(NCC3CC4C=CC3C4)c(Cl)cc2N1. The zero-order valence-corrected chi connectivity index (χ0v) is 12.3. The van der Waals surface area contributed by atoms with E-state index in [0.29, 0.717) is 22.4 Å². The van der Waals surface area contributed by atoms with Gasteiger partial charge in [-0.25, -0.2) is 0 Å². The molecule has 0 saturated heterocycles. The van der Waals surface area contributed by atoms with Crippen LogP contribution in [0.4, 0.5) is 11.4 Å². The lowest BCUT2D eigenvalue weighted by molar-refractivity contribution is -0.118. The number of nitrogens with one attached hydrogen (secondary N) is 2. The van der Waals surface area contributed by atoms with Crippen molar-refractivity contribution in [1.82, 2.24) is 0 Å². The van der Waals surface area contributed by atoms with E-state index < -0.39 is 0 Å². The molecule has 21 heavy (non-hydrogen) atoms. The van der Waals surface area contributed by atoms with Gasteiger partial charge in [0.15, 0.2) is 6.61 Å². The summed E-state index contributed by atoms with van der Waals surface area (Å²) in [6, 6.07) is 3.62. The highest BCUT2D eigenvalue weighted by atomic mass is 35.5. The predicted molar refractivity (Wildman–Crippen MR) is 82.9 cm³/mol. The third-order valence-corrected chi connectivity index (χ3v) is 4.99. The minimum absolute atomic E-state index is 0.0608. The number of hydrogen-bond donors (Lipinski definition) is 2. The Morgan fingerprint density at radius 3 is 3.00 bits per heavy atom. The number of benzene rings is 1. The van der Waals surface area contributed by atoms with Crippen LogP contribution < -0.4 is 15.4 Å². The van der Waals surface area contributed by atoms with Crippen molar-refractivity contribution in [2.75, 3.05) is 23.8 Å². The van der Waals surface area contributed by atoms with Crippen molar-refractivity contribution in [3.63, 3.8) is 0 Å². The minimum Gasteiger partial charge on any atom is -0.482 e. The van der Waals surface area contributed by atoms with Crippen LogP contribution in [0.2, 0.25) is 5.02 Å². The van der Waals surface area contributed by atoms with Crippen LogP contribution in [0.25, 0.3) is 0 Å². The summed E-state index contributed by atoms with van der Waals surface area (Å²) in [5.74, 6) is 2.71. The van der Waals surface area contributed by atoms with Crippen molar-refractivity contribution < 1.29 is 9.53 Å². The maximum absolute atomic E-state index is 11.3. The Hall–Kier alpha value is -1.68. The second kappa shape index (κ2) is 4.95. The molecule has 2 N–H and O–H groups in total. The Morgan fingerprint density at radius 1 is 1.33 bits per heavy atom. The molecule has 110 valence electrons. The molecule has 1 aromatic carbocycles. The van der Waals surface area contributed by atoms with Gasteiger partial charge in [0.25, 0.3) is 5.91 Å². The molecule has 5 heteroatoms. The van der Waals surface area contributed by atoms with E-state index in [1.54, 1.807) is 6.07 Å². The van der Waals surface area contributed by atoms with Gasteiger partial charge >= 0.3 is 0 Å². The van der Waals surface area contributed by atoms with Gasteiger partial charge in [0.05, 0.1) is 16.4 Å². The fourth-order valence-electron chi connectivity index (χ4n) is 3.61. The first-order chi connectivity index (χ1) is 10.2. The summed E-state index contributed by atoms with van der Waals surface area (Å²) in [7, 11) is 0. The maximum atomic E-state index is 11.3. The van der Waals surface area contributed by atoms with Crippen molar-refractivity contribution in [1.29, 1.82) is 0 Å². The molecule has 0 aromatic heterocycles. The first-order valence-corrected chi connectivity index (χ1v) is 7.75. The number of carbonyl (C=O) groups is 1. The molecule has 3 atom stereocenters. The van der Waals surface area contributed by atoms with E-state index in [-0.39, 0.29) is 12.5 Å². The summed E-state index contributed by atoms with van der Waals surface area (Å²) in [4.78, 5) is 11.3. The third-order valence-electron chi connectivity index (χ3n) is 4.67. The number of amides is 1. The van der Waals surface area contributed by atoms with Gasteiger partial charge in [-0.05, 0) is 36.7 Å². The molecule has 4 rings (SSSR count). The zero-order chi connectivity index (χ0) is 14.4. The Morgan fingerprint density at radius 2 is 2.24 bits per heavy atom. The van der Waals surface area contributed by atoms with E-state index in [9.17, 15) is 4.79 Å². The topological polar surface area (TPSA) is 50.4 Å². The first kappa shape index (κ1) is 13.0. The van der Waals surface area contributed by atoms with Gasteiger partial charge in [0.2, 0.25) is 0 Å². The lowest BCUT2D eigenvalue weighted by Crippen LogP contribution is -2.25. The van der Waals surface area contributed by atoms with Crippen molar-refractivity contribution in [3.8, 4) is 5.75 Å². The van der Waals surface area contributed by atoms with Gasteiger partial charge in [0, 0.05) is 12.6 Å². The van der Waals surface area contributed by atoms with Gasteiger partial charge in [-0.15, -0.1) is 0 Å². The summed E-state index contributed by atoms with van der Waals surface area (Å²) in [6.07, 6.45) is 7.28. The van der Waals surface area contributed by atoms with Gasteiger partial charge in [-0.2, -0.15) is 0 Å². The number of allylic oxidation sites excluding steroid dienone is 2. The standard InChI is InChI=1S/C16H17ClN2O2/c17-12-5-14-15(21-8-16(20)19-14)6-13(12)18-7-11-4-9-1-2-10(11)3-9/h1-2,5-6,9-11,18H,3-4,7-8H2,(H,19,20). The van der Waals surface area contributed by atoms with E-state index in [4.69, 9.17) is 16.3 Å². The smallest absolute Gasteiger partial charge is 0.262 e. The summed E-state index contributed by atoms with van der Waals surface area (Å²) in [6.45, 7) is 0.988. The number of carbonyl (C=O) groups excluding carboxylic acids is 1. The molecule has 3 aliphatic rings. The number of hydrogen-bond acceptors (Lipinski definition) is 3. The van der Waals surface area contributed by atoms with E-state index >= 15 is 0 Å². The second-order valence-electron chi connectivity index (χ2n) is 6.09. The zero-order valence-electron chi connectivity index (χ0n) is 11.6. The average molecular weight is 305 g/mol. The van der Waals surface area contributed by atoms with Crippen LogP contribution >= 0.6 is 11.6 Å². The van der Waals surface area contributed by atoms with Crippen LogP contribution in [0.5, 0.6) is 5.75 Å². The molecule has 1 aliphatic heterocycles. The number of halogens is 1. The number of ether oxygens (including phenoxy) is 1. The molecule has 3 unspecified atom stereocenters. The number of rotatable bonds is 3. The summed E-state index contributed by atoms with van der Waals surface area (Å²) >= 11 is 6.29. The van der Waals surface area contributed by atoms with Gasteiger partial charge in [-0.1, -0.05) is 23.8 Å². The summed E-state index contributed by atoms with van der Waals surface area (Å²) in [5.41, 5.74) is 1.52. The Bertz CT molecular complexity index is 629. The number of anilines is 2. The largest absolute Gasteiger partial charge is 0.482 e. The fourth-order valence-corrected chi connectivity index (χ4v) is 3.84.